The molecule has 1 heterocycles. The lowest BCUT2D eigenvalue weighted by Crippen LogP contribution is -2.26. The van der Waals surface area contributed by atoms with Crippen LogP contribution in [0.15, 0.2) is 24.3 Å². The SMILES string of the molecule is Cc1nc(CN(C)C(=O)c2ccc(OC(F)F)cc2)n[nH]1. The highest BCUT2D eigenvalue weighted by Crippen LogP contribution is 2.16. The first-order valence-electron chi connectivity index (χ1n) is 6.14. The molecule has 0 saturated heterocycles. The van der Waals surface area contributed by atoms with Crippen molar-refractivity contribution in [1.29, 1.82) is 0 Å². The number of hydrogen-bond acceptors (Lipinski definition) is 4. The molecule has 0 aliphatic rings. The second-order valence-electron chi connectivity index (χ2n) is 4.40. The predicted octanol–water partition coefficient (Wildman–Crippen LogP) is 1.99. The van der Waals surface area contributed by atoms with E-state index in [0.29, 0.717) is 17.2 Å². The van der Waals surface area contributed by atoms with Gasteiger partial charge in [-0.25, -0.2) is 4.98 Å². The van der Waals surface area contributed by atoms with Crippen LogP contribution in [0.2, 0.25) is 0 Å². The third-order valence-corrected chi connectivity index (χ3v) is 2.70. The third-order valence-electron chi connectivity index (χ3n) is 2.70. The van der Waals surface area contributed by atoms with E-state index in [9.17, 15) is 13.6 Å². The van der Waals surface area contributed by atoms with E-state index >= 15 is 0 Å². The number of carbonyl (C=O) groups excluding carboxylic acids is 1. The van der Waals surface area contributed by atoms with Crippen LogP contribution in [0.25, 0.3) is 0 Å². The van der Waals surface area contributed by atoms with Crippen LogP contribution in [0, 0.1) is 6.92 Å². The molecule has 21 heavy (non-hydrogen) atoms. The Balaban J connectivity index is 2.01. The maximum atomic E-state index is 12.2. The van der Waals surface area contributed by atoms with Gasteiger partial charge in [-0.05, 0) is 31.2 Å². The van der Waals surface area contributed by atoms with Crippen molar-refractivity contribution in [2.24, 2.45) is 0 Å². The zero-order chi connectivity index (χ0) is 15.4. The van der Waals surface area contributed by atoms with E-state index in [-0.39, 0.29) is 18.2 Å². The number of H-pyrrole nitrogens is 1. The quantitative estimate of drug-likeness (QED) is 0.916. The molecular weight excluding hydrogens is 282 g/mol. The van der Waals surface area contributed by atoms with Gasteiger partial charge in [-0.1, -0.05) is 0 Å². The Kier molecular flexibility index (Phi) is 4.46. The highest BCUT2D eigenvalue weighted by atomic mass is 19.3. The molecule has 2 aromatic rings. The van der Waals surface area contributed by atoms with Gasteiger partial charge in [0.2, 0.25) is 0 Å². The lowest BCUT2D eigenvalue weighted by Gasteiger charge is -2.15. The predicted molar refractivity (Wildman–Crippen MR) is 70.0 cm³/mol. The molecule has 0 aliphatic carbocycles. The van der Waals surface area contributed by atoms with E-state index in [2.05, 4.69) is 19.9 Å². The third kappa shape index (κ3) is 3.98. The Bertz CT molecular complexity index is 613. The number of aromatic amines is 1. The van der Waals surface area contributed by atoms with Crippen molar-refractivity contribution < 1.29 is 18.3 Å². The van der Waals surface area contributed by atoms with Crippen LogP contribution in [0.5, 0.6) is 5.75 Å². The van der Waals surface area contributed by atoms with E-state index in [0.717, 1.165) is 0 Å². The minimum Gasteiger partial charge on any atom is -0.435 e. The number of alkyl halides is 2. The van der Waals surface area contributed by atoms with Gasteiger partial charge in [0, 0.05) is 12.6 Å². The van der Waals surface area contributed by atoms with Gasteiger partial charge in [-0.15, -0.1) is 0 Å². The van der Waals surface area contributed by atoms with Gasteiger partial charge in [0.15, 0.2) is 5.82 Å². The van der Waals surface area contributed by atoms with Gasteiger partial charge in [0.05, 0.1) is 6.54 Å². The molecule has 0 unspecified atom stereocenters. The van der Waals surface area contributed by atoms with Crippen LogP contribution in [-0.2, 0) is 6.54 Å². The Labute approximate surface area is 119 Å². The summed E-state index contributed by atoms with van der Waals surface area (Å²) in [7, 11) is 1.61. The molecule has 0 radical (unpaired) electrons. The van der Waals surface area contributed by atoms with Crippen LogP contribution >= 0.6 is 0 Å². The Morgan fingerprint density at radius 1 is 1.38 bits per heavy atom. The van der Waals surface area contributed by atoms with E-state index in [4.69, 9.17) is 0 Å². The highest BCUT2D eigenvalue weighted by Gasteiger charge is 2.14. The number of amides is 1. The number of benzene rings is 1. The molecule has 1 amide bonds. The van der Waals surface area contributed by atoms with Crippen LogP contribution in [-0.4, -0.2) is 39.6 Å². The fraction of sp³-hybridized carbons (Fsp3) is 0.308. The summed E-state index contributed by atoms with van der Waals surface area (Å²) in [5.74, 6) is 0.912. The number of hydrogen-bond donors (Lipinski definition) is 1. The van der Waals surface area contributed by atoms with Crippen molar-refractivity contribution in [3.8, 4) is 5.75 Å². The average molecular weight is 296 g/mol. The Morgan fingerprint density at radius 2 is 2.05 bits per heavy atom. The molecule has 1 aromatic carbocycles. The first kappa shape index (κ1) is 14.9. The zero-order valence-corrected chi connectivity index (χ0v) is 11.5. The van der Waals surface area contributed by atoms with E-state index in [1.807, 2.05) is 0 Å². The molecule has 0 saturated carbocycles. The van der Waals surface area contributed by atoms with Crippen molar-refractivity contribution in [1.82, 2.24) is 20.1 Å². The fourth-order valence-corrected chi connectivity index (χ4v) is 1.74. The lowest BCUT2D eigenvalue weighted by atomic mass is 10.2. The zero-order valence-electron chi connectivity index (χ0n) is 11.5. The number of rotatable bonds is 5. The van der Waals surface area contributed by atoms with Gasteiger partial charge in [-0.3, -0.25) is 9.89 Å². The van der Waals surface area contributed by atoms with Crippen molar-refractivity contribution in [3.63, 3.8) is 0 Å². The molecule has 1 aromatic heterocycles. The highest BCUT2D eigenvalue weighted by molar-refractivity contribution is 5.94. The van der Waals surface area contributed by atoms with Crippen molar-refractivity contribution in [3.05, 3.63) is 41.5 Å². The summed E-state index contributed by atoms with van der Waals surface area (Å²) in [6.45, 7) is -0.874. The number of aryl methyl sites for hydroxylation is 1. The van der Waals surface area contributed by atoms with Gasteiger partial charge in [-0.2, -0.15) is 13.9 Å². The standard InChI is InChI=1S/C13H14F2N4O2/c1-8-16-11(18-17-8)7-19(2)12(20)9-3-5-10(6-4-9)21-13(14)15/h3-6,13H,7H2,1-2H3,(H,16,17,18). The van der Waals surface area contributed by atoms with Crippen LogP contribution in [0.3, 0.4) is 0 Å². The molecule has 0 fully saturated rings. The maximum absolute atomic E-state index is 12.2. The monoisotopic (exact) mass is 296 g/mol. The summed E-state index contributed by atoms with van der Waals surface area (Å²) in [5.41, 5.74) is 0.367. The largest absolute Gasteiger partial charge is 0.435 e. The van der Waals surface area contributed by atoms with Crippen LogP contribution in [0.1, 0.15) is 22.0 Å². The van der Waals surface area contributed by atoms with E-state index < -0.39 is 6.61 Å². The summed E-state index contributed by atoms with van der Waals surface area (Å²) < 4.78 is 28.3. The first-order chi connectivity index (χ1) is 9.95. The minimum absolute atomic E-state index is 0.00814. The number of aromatic nitrogens is 3. The number of ether oxygens (including phenoxy) is 1. The van der Waals surface area contributed by atoms with Crippen molar-refractivity contribution >= 4 is 5.91 Å². The van der Waals surface area contributed by atoms with Gasteiger partial charge < -0.3 is 9.64 Å². The maximum Gasteiger partial charge on any atom is 0.387 e. The fourth-order valence-electron chi connectivity index (χ4n) is 1.74. The molecule has 0 aliphatic heterocycles. The number of nitrogens with zero attached hydrogens (tertiary/aromatic N) is 3. The summed E-state index contributed by atoms with van der Waals surface area (Å²) in [4.78, 5) is 17.7. The summed E-state index contributed by atoms with van der Waals surface area (Å²) >= 11 is 0. The second-order valence-corrected chi connectivity index (χ2v) is 4.40. The smallest absolute Gasteiger partial charge is 0.387 e. The van der Waals surface area contributed by atoms with Crippen LogP contribution in [0.4, 0.5) is 8.78 Å². The summed E-state index contributed by atoms with van der Waals surface area (Å²) in [6.07, 6.45) is 0. The minimum atomic E-state index is -2.89. The van der Waals surface area contributed by atoms with Crippen molar-refractivity contribution in [2.45, 2.75) is 20.1 Å². The van der Waals surface area contributed by atoms with Gasteiger partial charge >= 0.3 is 6.61 Å². The van der Waals surface area contributed by atoms with Crippen molar-refractivity contribution in [2.75, 3.05) is 7.05 Å². The molecule has 8 heteroatoms. The van der Waals surface area contributed by atoms with Gasteiger partial charge in [0.25, 0.3) is 5.91 Å². The molecular formula is C13H14F2N4O2. The average Bonchev–Trinajstić information content (AvgIpc) is 2.83. The van der Waals surface area contributed by atoms with Crippen LogP contribution < -0.4 is 4.74 Å². The Hall–Kier alpha value is -2.51. The topological polar surface area (TPSA) is 71.1 Å². The molecule has 2 rings (SSSR count). The number of nitrogens with one attached hydrogen (secondary N) is 1. The second kappa shape index (κ2) is 6.29. The molecule has 112 valence electrons. The van der Waals surface area contributed by atoms with E-state index in [1.54, 1.807) is 14.0 Å². The molecule has 0 spiro atoms. The Morgan fingerprint density at radius 3 is 2.57 bits per heavy atom. The molecule has 6 nitrogen and oxygen atoms in total. The first-order valence-corrected chi connectivity index (χ1v) is 6.14. The molecule has 0 bridgehead atoms. The lowest BCUT2D eigenvalue weighted by molar-refractivity contribution is -0.0498. The summed E-state index contributed by atoms with van der Waals surface area (Å²) in [6, 6.07) is 5.51. The van der Waals surface area contributed by atoms with Gasteiger partial charge in [0.1, 0.15) is 11.6 Å². The summed E-state index contributed by atoms with van der Waals surface area (Å²) in [5, 5.41) is 6.64. The molecule has 0 atom stereocenters. The molecule has 1 N–H and O–H groups in total. The number of halogens is 2. The normalized spacial score (nSPS) is 10.7. The van der Waals surface area contributed by atoms with E-state index in [1.165, 1.54) is 29.2 Å². The number of carbonyl (C=O) groups is 1.